The number of ether oxygens (including phenoxy) is 1. The van der Waals surface area contributed by atoms with Crippen molar-refractivity contribution in [2.75, 3.05) is 6.61 Å². The zero-order valence-corrected chi connectivity index (χ0v) is 18.6. The lowest BCUT2D eigenvalue weighted by Crippen LogP contribution is -2.28. The second-order valence-electron chi connectivity index (χ2n) is 7.53. The number of halogens is 1. The molecule has 1 unspecified atom stereocenters. The van der Waals surface area contributed by atoms with Gasteiger partial charge in [0.2, 0.25) is 0 Å². The number of carboxylic acids is 1. The van der Waals surface area contributed by atoms with Gasteiger partial charge in [-0.3, -0.25) is 4.79 Å². The zero-order valence-electron chi connectivity index (χ0n) is 17.0. The minimum absolute atomic E-state index is 0.113. The number of aromatic carboxylic acids is 1. The number of hydrogen-bond acceptors (Lipinski definition) is 4. The van der Waals surface area contributed by atoms with E-state index in [1.54, 1.807) is 35.6 Å². The summed E-state index contributed by atoms with van der Waals surface area (Å²) in [6, 6.07) is 14.0. The van der Waals surface area contributed by atoms with Crippen LogP contribution >= 0.6 is 22.9 Å². The second kappa shape index (κ2) is 9.22. The van der Waals surface area contributed by atoms with Gasteiger partial charge in [-0.25, -0.2) is 4.79 Å². The van der Waals surface area contributed by atoms with E-state index in [2.05, 4.69) is 5.32 Å². The van der Waals surface area contributed by atoms with Crippen molar-refractivity contribution in [1.29, 1.82) is 0 Å². The van der Waals surface area contributed by atoms with E-state index in [1.165, 1.54) is 0 Å². The van der Waals surface area contributed by atoms with E-state index < -0.39 is 5.97 Å². The van der Waals surface area contributed by atoms with Crippen molar-refractivity contribution in [2.24, 2.45) is 0 Å². The summed E-state index contributed by atoms with van der Waals surface area (Å²) in [5.41, 5.74) is 3.98. The van der Waals surface area contributed by atoms with Crippen LogP contribution < -0.4 is 5.32 Å². The van der Waals surface area contributed by atoms with E-state index in [0.717, 1.165) is 38.4 Å². The first-order valence-corrected chi connectivity index (χ1v) is 11.2. The van der Waals surface area contributed by atoms with E-state index in [-0.39, 0.29) is 17.5 Å². The summed E-state index contributed by atoms with van der Waals surface area (Å²) in [7, 11) is 0. The van der Waals surface area contributed by atoms with Crippen molar-refractivity contribution in [3.63, 3.8) is 0 Å². The van der Waals surface area contributed by atoms with Gasteiger partial charge in [-0.15, -0.1) is 11.3 Å². The Bertz CT molecular complexity index is 1110. The lowest BCUT2D eigenvalue weighted by atomic mass is 9.99. The predicted molar refractivity (Wildman–Crippen MR) is 121 cm³/mol. The first-order chi connectivity index (χ1) is 14.9. The number of amides is 1. The maximum Gasteiger partial charge on any atom is 0.335 e. The number of rotatable bonds is 6. The Morgan fingerprint density at radius 2 is 1.87 bits per heavy atom. The molecule has 0 aliphatic carbocycles. The van der Waals surface area contributed by atoms with Crippen LogP contribution in [0.2, 0.25) is 5.02 Å². The van der Waals surface area contributed by atoms with Gasteiger partial charge in [-0.2, -0.15) is 0 Å². The molecule has 2 aromatic carbocycles. The summed E-state index contributed by atoms with van der Waals surface area (Å²) in [5, 5.41) is 12.9. The molecule has 0 saturated heterocycles. The van der Waals surface area contributed by atoms with Crippen molar-refractivity contribution in [3.8, 4) is 0 Å². The Balaban J connectivity index is 1.59. The number of nitrogens with one attached hydrogen (secondary N) is 1. The van der Waals surface area contributed by atoms with Crippen molar-refractivity contribution >= 4 is 34.8 Å². The fourth-order valence-electron chi connectivity index (χ4n) is 3.73. The highest BCUT2D eigenvalue weighted by Gasteiger charge is 2.26. The van der Waals surface area contributed by atoms with Crippen LogP contribution in [0, 0.1) is 0 Å². The maximum absolute atomic E-state index is 13.3. The van der Waals surface area contributed by atoms with Crippen molar-refractivity contribution in [2.45, 2.75) is 32.4 Å². The number of hydrogen-bond donors (Lipinski definition) is 2. The van der Waals surface area contributed by atoms with Gasteiger partial charge in [0, 0.05) is 21.2 Å². The van der Waals surface area contributed by atoms with Gasteiger partial charge in [-0.1, -0.05) is 35.9 Å². The predicted octanol–water partition coefficient (Wildman–Crippen LogP) is 5.25. The second-order valence-corrected chi connectivity index (χ2v) is 9.16. The number of benzene rings is 2. The summed E-state index contributed by atoms with van der Waals surface area (Å²) < 4.78 is 5.60. The number of thiophene rings is 1. The van der Waals surface area contributed by atoms with Gasteiger partial charge < -0.3 is 15.2 Å². The molecule has 31 heavy (non-hydrogen) atoms. The molecule has 1 atom stereocenters. The van der Waals surface area contributed by atoms with Crippen LogP contribution in [0.4, 0.5) is 0 Å². The molecule has 0 bridgehead atoms. The fraction of sp³-hybridized carbons (Fsp3) is 0.250. The van der Waals surface area contributed by atoms with Crippen LogP contribution in [0.5, 0.6) is 0 Å². The number of fused-ring (bicyclic) bond motifs is 1. The van der Waals surface area contributed by atoms with E-state index >= 15 is 0 Å². The quantitative estimate of drug-likeness (QED) is 0.532. The maximum atomic E-state index is 13.3. The zero-order chi connectivity index (χ0) is 22.0. The monoisotopic (exact) mass is 455 g/mol. The molecule has 2 N–H and O–H groups in total. The molecule has 5 nitrogen and oxygen atoms in total. The van der Waals surface area contributed by atoms with Crippen LogP contribution in [0.25, 0.3) is 0 Å². The van der Waals surface area contributed by atoms with Crippen LogP contribution in [0.1, 0.15) is 60.1 Å². The Kier molecular flexibility index (Phi) is 6.41. The summed E-state index contributed by atoms with van der Waals surface area (Å²) in [6.45, 7) is 3.04. The minimum atomic E-state index is -0.970. The lowest BCUT2D eigenvalue weighted by Gasteiger charge is -2.17. The number of carbonyl (C=O) groups is 2. The van der Waals surface area contributed by atoms with E-state index in [0.29, 0.717) is 24.7 Å². The largest absolute Gasteiger partial charge is 0.478 e. The normalized spacial score (nSPS) is 14.0. The molecular formula is C24H22ClNO4S. The van der Waals surface area contributed by atoms with Gasteiger partial charge in [0.1, 0.15) is 0 Å². The Morgan fingerprint density at radius 3 is 2.55 bits per heavy atom. The SMILES string of the molecule is CC(NC(=O)c1c(Cc2ccc(Cl)cc2)sc2c1CCOC2)c1ccc(C(=O)O)cc1. The Labute approximate surface area is 189 Å². The molecule has 1 aliphatic heterocycles. The van der Waals surface area contributed by atoms with Crippen molar-refractivity contribution in [3.05, 3.63) is 91.1 Å². The molecule has 1 aromatic heterocycles. The molecule has 0 saturated carbocycles. The molecule has 4 rings (SSSR count). The molecule has 7 heteroatoms. The molecular weight excluding hydrogens is 434 g/mol. The highest BCUT2D eigenvalue weighted by molar-refractivity contribution is 7.12. The van der Waals surface area contributed by atoms with E-state index in [1.807, 2.05) is 31.2 Å². The van der Waals surface area contributed by atoms with Crippen LogP contribution in [0.3, 0.4) is 0 Å². The number of carbonyl (C=O) groups excluding carboxylic acids is 1. The van der Waals surface area contributed by atoms with Gasteiger partial charge in [0.25, 0.3) is 5.91 Å². The van der Waals surface area contributed by atoms with Gasteiger partial charge in [-0.05, 0) is 54.3 Å². The molecule has 0 radical (unpaired) electrons. The third-order valence-corrected chi connectivity index (χ3v) is 6.86. The first-order valence-electron chi connectivity index (χ1n) is 10.0. The number of carboxylic acid groups (broad SMARTS) is 1. The van der Waals surface area contributed by atoms with E-state index in [9.17, 15) is 9.59 Å². The smallest absolute Gasteiger partial charge is 0.335 e. The fourth-order valence-corrected chi connectivity index (χ4v) is 5.18. The van der Waals surface area contributed by atoms with Crippen LogP contribution in [0.15, 0.2) is 48.5 Å². The highest BCUT2D eigenvalue weighted by atomic mass is 35.5. The summed E-state index contributed by atoms with van der Waals surface area (Å²) in [4.78, 5) is 26.5. The third-order valence-electron chi connectivity index (χ3n) is 5.40. The Hall–Kier alpha value is -2.67. The minimum Gasteiger partial charge on any atom is -0.478 e. The van der Waals surface area contributed by atoms with E-state index in [4.69, 9.17) is 21.4 Å². The third kappa shape index (κ3) is 4.82. The molecule has 0 spiro atoms. The first kappa shape index (κ1) is 21.6. The average molecular weight is 456 g/mol. The summed E-state index contributed by atoms with van der Waals surface area (Å²) in [5.74, 6) is -1.08. The summed E-state index contributed by atoms with van der Waals surface area (Å²) in [6.07, 6.45) is 1.37. The molecule has 2 heterocycles. The highest BCUT2D eigenvalue weighted by Crippen LogP contribution is 2.34. The van der Waals surface area contributed by atoms with Crippen molar-refractivity contribution < 1.29 is 19.4 Å². The lowest BCUT2D eigenvalue weighted by molar-refractivity contribution is 0.0696. The van der Waals surface area contributed by atoms with Gasteiger partial charge in [0.15, 0.2) is 0 Å². The Morgan fingerprint density at radius 1 is 1.16 bits per heavy atom. The van der Waals surface area contributed by atoms with Gasteiger partial charge >= 0.3 is 5.97 Å². The van der Waals surface area contributed by atoms with Crippen LogP contribution in [-0.2, 0) is 24.2 Å². The molecule has 1 amide bonds. The summed E-state index contributed by atoms with van der Waals surface area (Å²) >= 11 is 7.64. The average Bonchev–Trinajstić information content (AvgIpc) is 3.13. The molecule has 0 fully saturated rings. The standard InChI is InChI=1S/C24H22ClNO4S/c1-14(16-4-6-17(7-5-16)24(28)29)26-23(27)22-19-10-11-30-13-21(19)31-20(22)12-15-2-8-18(25)9-3-15/h2-9,14H,10-13H2,1H3,(H,26,27)(H,28,29). The van der Waals surface area contributed by atoms with Gasteiger partial charge in [0.05, 0.1) is 30.4 Å². The van der Waals surface area contributed by atoms with Crippen molar-refractivity contribution in [1.82, 2.24) is 5.32 Å². The molecule has 3 aromatic rings. The molecule has 1 aliphatic rings. The topological polar surface area (TPSA) is 75.6 Å². The van der Waals surface area contributed by atoms with Crippen LogP contribution in [-0.4, -0.2) is 23.6 Å². The molecule has 160 valence electrons.